The summed E-state index contributed by atoms with van der Waals surface area (Å²) in [6.45, 7) is 5.33. The van der Waals surface area contributed by atoms with Crippen molar-refractivity contribution in [2.75, 3.05) is 20.2 Å². The summed E-state index contributed by atoms with van der Waals surface area (Å²) in [5.41, 5.74) is -0.0427. The molecule has 0 heterocycles. The maximum atomic E-state index is 12.6. The Morgan fingerprint density at radius 2 is 1.88 bits per heavy atom. The lowest BCUT2D eigenvalue weighted by atomic mass is 10.1. The number of aliphatic carboxylic acids is 1. The molecule has 134 valence electrons. The second-order valence-corrected chi connectivity index (χ2v) is 6.92. The number of benzene rings is 1. The predicted molar refractivity (Wildman–Crippen MR) is 87.7 cm³/mol. The van der Waals surface area contributed by atoms with Gasteiger partial charge in [0.25, 0.3) is 5.91 Å². The molecular formula is C15H22N2O6S. The number of hydrogen-bond donors (Lipinski definition) is 2. The van der Waals surface area contributed by atoms with Crippen molar-refractivity contribution in [2.45, 2.75) is 31.7 Å². The monoisotopic (exact) mass is 358 g/mol. The SMILES string of the molecule is CCN(CC)S(=O)(=O)c1ccc(OC)c(C(=O)N[C@@H](C)C(=O)O)c1. The van der Waals surface area contributed by atoms with Crippen molar-refractivity contribution < 1.29 is 27.9 Å². The van der Waals surface area contributed by atoms with E-state index in [2.05, 4.69) is 5.32 Å². The van der Waals surface area contributed by atoms with E-state index < -0.39 is 27.9 Å². The Kier molecular flexibility index (Phi) is 6.73. The molecule has 1 rings (SSSR count). The standard InChI is InChI=1S/C15H22N2O6S/c1-5-17(6-2)24(21,22)11-7-8-13(23-4)12(9-11)14(18)16-10(3)15(19)20/h7-10H,5-6H2,1-4H3,(H,16,18)(H,19,20)/t10-/m0/s1. The fraction of sp³-hybridized carbons (Fsp3) is 0.467. The van der Waals surface area contributed by atoms with Crippen molar-refractivity contribution in [3.8, 4) is 5.75 Å². The number of carboxylic acid groups (broad SMARTS) is 1. The minimum atomic E-state index is -3.75. The fourth-order valence-electron chi connectivity index (χ4n) is 2.07. The fourth-order valence-corrected chi connectivity index (χ4v) is 3.56. The number of sulfonamides is 1. The number of nitrogens with zero attached hydrogens (tertiary/aromatic N) is 1. The number of hydrogen-bond acceptors (Lipinski definition) is 5. The van der Waals surface area contributed by atoms with Crippen molar-refractivity contribution in [1.29, 1.82) is 0 Å². The van der Waals surface area contributed by atoms with Gasteiger partial charge in [-0.05, 0) is 25.1 Å². The van der Waals surface area contributed by atoms with E-state index in [-0.39, 0.29) is 16.2 Å². The van der Waals surface area contributed by atoms with Gasteiger partial charge in [-0.3, -0.25) is 9.59 Å². The van der Waals surface area contributed by atoms with E-state index in [9.17, 15) is 18.0 Å². The van der Waals surface area contributed by atoms with Gasteiger partial charge in [-0.15, -0.1) is 0 Å². The van der Waals surface area contributed by atoms with E-state index in [0.717, 1.165) is 0 Å². The Balaban J connectivity index is 3.31. The molecule has 1 aromatic carbocycles. The van der Waals surface area contributed by atoms with Gasteiger partial charge in [0.05, 0.1) is 17.6 Å². The molecule has 1 aromatic rings. The summed E-state index contributed by atoms with van der Waals surface area (Å²) >= 11 is 0. The number of amides is 1. The second kappa shape index (κ2) is 8.11. The van der Waals surface area contributed by atoms with Crippen LogP contribution < -0.4 is 10.1 Å². The van der Waals surface area contributed by atoms with E-state index in [4.69, 9.17) is 9.84 Å². The van der Waals surface area contributed by atoms with Crippen LogP contribution in [0.5, 0.6) is 5.75 Å². The maximum absolute atomic E-state index is 12.6. The predicted octanol–water partition coefficient (Wildman–Crippen LogP) is 0.929. The van der Waals surface area contributed by atoms with Gasteiger partial charge < -0.3 is 15.2 Å². The lowest BCUT2D eigenvalue weighted by molar-refractivity contribution is -0.138. The van der Waals surface area contributed by atoms with Gasteiger partial charge in [0.1, 0.15) is 11.8 Å². The topological polar surface area (TPSA) is 113 Å². The van der Waals surface area contributed by atoms with E-state index in [1.807, 2.05) is 0 Å². The van der Waals surface area contributed by atoms with Gasteiger partial charge >= 0.3 is 5.97 Å². The van der Waals surface area contributed by atoms with E-state index in [1.165, 1.54) is 36.5 Å². The number of carbonyl (C=O) groups is 2. The largest absolute Gasteiger partial charge is 0.496 e. The molecule has 0 aliphatic carbocycles. The Morgan fingerprint density at radius 3 is 2.33 bits per heavy atom. The maximum Gasteiger partial charge on any atom is 0.325 e. The van der Waals surface area contributed by atoms with Crippen LogP contribution in [-0.2, 0) is 14.8 Å². The van der Waals surface area contributed by atoms with Crippen LogP contribution >= 0.6 is 0 Å². The molecular weight excluding hydrogens is 336 g/mol. The van der Waals surface area contributed by atoms with Crippen molar-refractivity contribution in [3.63, 3.8) is 0 Å². The van der Waals surface area contributed by atoms with Crippen molar-refractivity contribution in [2.24, 2.45) is 0 Å². The summed E-state index contributed by atoms with van der Waals surface area (Å²) < 4.78 is 31.5. The number of ether oxygens (including phenoxy) is 1. The molecule has 0 aromatic heterocycles. The summed E-state index contributed by atoms with van der Waals surface area (Å²) in [7, 11) is -2.41. The Hall–Kier alpha value is -2.13. The Labute approximate surface area is 141 Å². The Morgan fingerprint density at radius 1 is 1.29 bits per heavy atom. The minimum absolute atomic E-state index is 0.0427. The normalized spacial score (nSPS) is 12.7. The van der Waals surface area contributed by atoms with E-state index in [0.29, 0.717) is 13.1 Å². The van der Waals surface area contributed by atoms with Crippen LogP contribution in [0.1, 0.15) is 31.1 Å². The molecule has 1 atom stereocenters. The minimum Gasteiger partial charge on any atom is -0.496 e. The highest BCUT2D eigenvalue weighted by Gasteiger charge is 2.25. The first-order chi connectivity index (χ1) is 11.2. The van der Waals surface area contributed by atoms with Crippen molar-refractivity contribution in [1.82, 2.24) is 9.62 Å². The van der Waals surface area contributed by atoms with Gasteiger partial charge in [-0.25, -0.2) is 8.42 Å². The van der Waals surface area contributed by atoms with E-state index >= 15 is 0 Å². The lowest BCUT2D eigenvalue weighted by Gasteiger charge is -2.19. The highest BCUT2D eigenvalue weighted by atomic mass is 32.2. The third-order valence-electron chi connectivity index (χ3n) is 3.48. The first kappa shape index (κ1) is 19.9. The van der Waals surface area contributed by atoms with Crippen LogP contribution in [0.3, 0.4) is 0 Å². The summed E-state index contributed by atoms with van der Waals surface area (Å²) in [6.07, 6.45) is 0. The molecule has 0 aliphatic rings. The zero-order valence-electron chi connectivity index (χ0n) is 14.1. The molecule has 0 saturated carbocycles. The van der Waals surface area contributed by atoms with Gasteiger partial charge in [-0.2, -0.15) is 4.31 Å². The quantitative estimate of drug-likeness (QED) is 0.715. The third-order valence-corrected chi connectivity index (χ3v) is 5.52. The molecule has 1 amide bonds. The van der Waals surface area contributed by atoms with Gasteiger partial charge in [-0.1, -0.05) is 13.8 Å². The summed E-state index contributed by atoms with van der Waals surface area (Å²) in [4.78, 5) is 23.1. The molecule has 0 radical (unpaired) electrons. The number of carboxylic acids is 1. The average molecular weight is 358 g/mol. The van der Waals surface area contributed by atoms with Crippen molar-refractivity contribution >= 4 is 21.9 Å². The molecule has 0 bridgehead atoms. The molecule has 0 spiro atoms. The van der Waals surface area contributed by atoms with Crippen LogP contribution in [0.15, 0.2) is 23.1 Å². The Bertz CT molecular complexity index is 713. The van der Waals surface area contributed by atoms with Crippen LogP contribution in [0.4, 0.5) is 0 Å². The average Bonchev–Trinajstić information content (AvgIpc) is 2.54. The molecule has 8 nitrogen and oxygen atoms in total. The summed E-state index contributed by atoms with van der Waals surface area (Å²) in [5.74, 6) is -1.77. The second-order valence-electron chi connectivity index (χ2n) is 4.98. The smallest absolute Gasteiger partial charge is 0.325 e. The highest BCUT2D eigenvalue weighted by molar-refractivity contribution is 7.89. The van der Waals surface area contributed by atoms with Crippen LogP contribution in [0.25, 0.3) is 0 Å². The molecule has 24 heavy (non-hydrogen) atoms. The first-order valence-electron chi connectivity index (χ1n) is 7.40. The van der Waals surface area contributed by atoms with Crippen LogP contribution in [-0.4, -0.2) is 55.9 Å². The van der Waals surface area contributed by atoms with Gasteiger partial charge in [0, 0.05) is 13.1 Å². The van der Waals surface area contributed by atoms with E-state index in [1.54, 1.807) is 13.8 Å². The third kappa shape index (κ3) is 4.24. The molecule has 0 fully saturated rings. The number of methoxy groups -OCH3 is 1. The summed E-state index contributed by atoms with van der Waals surface area (Å²) in [6, 6.07) is 2.79. The molecule has 0 unspecified atom stereocenters. The summed E-state index contributed by atoms with van der Waals surface area (Å²) in [5, 5.41) is 11.2. The molecule has 0 saturated heterocycles. The van der Waals surface area contributed by atoms with Gasteiger partial charge in [0.15, 0.2) is 0 Å². The van der Waals surface area contributed by atoms with Crippen molar-refractivity contribution in [3.05, 3.63) is 23.8 Å². The first-order valence-corrected chi connectivity index (χ1v) is 8.84. The number of carbonyl (C=O) groups excluding carboxylic acids is 1. The van der Waals surface area contributed by atoms with Crippen LogP contribution in [0.2, 0.25) is 0 Å². The molecule has 9 heteroatoms. The zero-order valence-corrected chi connectivity index (χ0v) is 14.9. The number of rotatable bonds is 8. The van der Waals surface area contributed by atoms with Gasteiger partial charge in [0.2, 0.25) is 10.0 Å². The molecule has 2 N–H and O–H groups in total. The lowest BCUT2D eigenvalue weighted by Crippen LogP contribution is -2.38. The number of nitrogens with one attached hydrogen (secondary N) is 1. The zero-order chi connectivity index (χ0) is 18.5. The molecule has 0 aliphatic heterocycles. The highest BCUT2D eigenvalue weighted by Crippen LogP contribution is 2.24. The van der Waals surface area contributed by atoms with Crippen LogP contribution in [0, 0.1) is 0 Å².